The first-order chi connectivity index (χ1) is 17.5. The number of imidazole rings is 1. The Kier molecular flexibility index (Phi) is 6.19. The number of likely N-dealkylation sites (tertiary alicyclic amines) is 1. The van der Waals surface area contributed by atoms with Gasteiger partial charge in [0.05, 0.1) is 23.0 Å². The summed E-state index contributed by atoms with van der Waals surface area (Å²) in [6.07, 6.45) is 4.04. The third-order valence-corrected chi connectivity index (χ3v) is 7.88. The smallest absolute Gasteiger partial charge is 0.410 e. The minimum absolute atomic E-state index is 0.0806. The lowest BCUT2D eigenvalue weighted by Crippen LogP contribution is -2.31. The van der Waals surface area contributed by atoms with Crippen LogP contribution in [0, 0.1) is 0 Å². The SMILES string of the molecule is O=C(OCc1ccccc1)N1CCC[C@H]1c1cnc(-c2ccc3c(c2)Cc2cc(Cl)c(Br)cc2O3)[nH]1. The van der Waals surface area contributed by atoms with Crippen LogP contribution >= 0.6 is 27.5 Å². The van der Waals surface area contributed by atoms with Crippen molar-refractivity contribution in [3.05, 3.63) is 98.7 Å². The molecule has 1 saturated heterocycles. The first-order valence-corrected chi connectivity index (χ1v) is 13.0. The van der Waals surface area contributed by atoms with Crippen LogP contribution in [-0.4, -0.2) is 27.5 Å². The zero-order chi connectivity index (χ0) is 24.6. The summed E-state index contributed by atoms with van der Waals surface area (Å²) in [4.78, 5) is 22.7. The number of aromatic nitrogens is 2. The van der Waals surface area contributed by atoms with Gasteiger partial charge in [-0.25, -0.2) is 9.78 Å². The van der Waals surface area contributed by atoms with Crippen molar-refractivity contribution in [1.29, 1.82) is 0 Å². The lowest BCUT2D eigenvalue weighted by molar-refractivity contribution is 0.0915. The van der Waals surface area contributed by atoms with Crippen LogP contribution in [0.2, 0.25) is 5.02 Å². The van der Waals surface area contributed by atoms with Crippen molar-refractivity contribution in [1.82, 2.24) is 14.9 Å². The van der Waals surface area contributed by atoms with E-state index in [0.29, 0.717) is 11.6 Å². The van der Waals surface area contributed by atoms with Gasteiger partial charge in [-0.15, -0.1) is 0 Å². The Labute approximate surface area is 222 Å². The van der Waals surface area contributed by atoms with Crippen LogP contribution in [0.3, 0.4) is 0 Å². The Balaban J connectivity index is 1.18. The molecule has 8 heteroatoms. The summed E-state index contributed by atoms with van der Waals surface area (Å²) in [5, 5.41) is 0.663. The average Bonchev–Trinajstić information content (AvgIpc) is 3.57. The number of benzene rings is 3. The van der Waals surface area contributed by atoms with Crippen LogP contribution in [0.15, 0.2) is 71.3 Å². The largest absolute Gasteiger partial charge is 0.457 e. The molecule has 1 atom stereocenters. The molecule has 4 aromatic rings. The fraction of sp³-hybridized carbons (Fsp3) is 0.214. The Morgan fingerprint density at radius 1 is 1.14 bits per heavy atom. The van der Waals surface area contributed by atoms with E-state index >= 15 is 0 Å². The molecule has 3 aromatic carbocycles. The van der Waals surface area contributed by atoms with E-state index in [9.17, 15) is 4.79 Å². The van der Waals surface area contributed by atoms with Gasteiger partial charge in [-0.2, -0.15) is 0 Å². The number of carbonyl (C=O) groups excluding carboxylic acids is 1. The van der Waals surface area contributed by atoms with E-state index in [0.717, 1.165) is 69.0 Å². The molecule has 0 bridgehead atoms. The monoisotopic (exact) mass is 563 g/mol. The molecule has 2 aliphatic rings. The number of halogens is 2. The Bertz CT molecular complexity index is 1440. The van der Waals surface area contributed by atoms with E-state index in [1.807, 2.05) is 60.8 Å². The molecule has 2 aliphatic heterocycles. The van der Waals surface area contributed by atoms with E-state index in [2.05, 4.69) is 32.0 Å². The van der Waals surface area contributed by atoms with Crippen molar-refractivity contribution in [3.63, 3.8) is 0 Å². The van der Waals surface area contributed by atoms with Crippen molar-refractivity contribution < 1.29 is 14.3 Å². The summed E-state index contributed by atoms with van der Waals surface area (Å²) in [6.45, 7) is 0.931. The Morgan fingerprint density at radius 2 is 1.97 bits per heavy atom. The molecule has 0 aliphatic carbocycles. The van der Waals surface area contributed by atoms with Gasteiger partial charge in [0.1, 0.15) is 23.9 Å². The number of ether oxygens (including phenoxy) is 2. The maximum Gasteiger partial charge on any atom is 0.410 e. The second-order valence-electron chi connectivity index (χ2n) is 9.05. The number of rotatable bonds is 4. The van der Waals surface area contributed by atoms with Crippen molar-refractivity contribution >= 4 is 33.6 Å². The summed E-state index contributed by atoms with van der Waals surface area (Å²) in [5.74, 6) is 2.40. The minimum Gasteiger partial charge on any atom is -0.457 e. The molecular formula is C28H23BrClN3O3. The van der Waals surface area contributed by atoms with Crippen LogP contribution in [-0.2, 0) is 17.8 Å². The molecule has 1 aromatic heterocycles. The maximum absolute atomic E-state index is 12.8. The number of amides is 1. The normalized spacial score (nSPS) is 16.3. The zero-order valence-electron chi connectivity index (χ0n) is 19.3. The highest BCUT2D eigenvalue weighted by Crippen LogP contribution is 2.41. The van der Waals surface area contributed by atoms with Crippen molar-refractivity contribution in [2.75, 3.05) is 6.54 Å². The summed E-state index contributed by atoms with van der Waals surface area (Å²) in [5.41, 5.74) is 4.97. The summed E-state index contributed by atoms with van der Waals surface area (Å²) < 4.78 is 12.5. The van der Waals surface area contributed by atoms with Crippen molar-refractivity contribution in [2.45, 2.75) is 31.9 Å². The molecule has 3 heterocycles. The van der Waals surface area contributed by atoms with E-state index < -0.39 is 0 Å². The highest BCUT2D eigenvalue weighted by atomic mass is 79.9. The standard InChI is InChI=1S/C28H23BrClN3O3/c29-21-14-26-20(13-22(21)30)12-19-11-18(8-9-25(19)36-26)27-31-15-23(32-27)24-7-4-10-33(24)28(34)35-16-17-5-2-1-3-6-17/h1-3,5-6,8-9,11,13-15,24H,4,7,10,12,16H2,(H,31,32)/t24-/m0/s1. The molecule has 0 unspecified atom stereocenters. The quantitative estimate of drug-likeness (QED) is 0.243. The van der Waals surface area contributed by atoms with E-state index in [-0.39, 0.29) is 18.7 Å². The van der Waals surface area contributed by atoms with Crippen molar-refractivity contribution in [2.24, 2.45) is 0 Å². The van der Waals surface area contributed by atoms with E-state index in [1.54, 1.807) is 4.90 Å². The van der Waals surface area contributed by atoms with E-state index in [1.165, 1.54) is 0 Å². The number of hydrogen-bond acceptors (Lipinski definition) is 4. The lowest BCUT2D eigenvalue weighted by atomic mass is 9.98. The molecule has 1 N–H and O–H groups in total. The third kappa shape index (κ3) is 4.49. The Hall–Kier alpha value is -3.29. The predicted molar refractivity (Wildman–Crippen MR) is 141 cm³/mol. The summed E-state index contributed by atoms with van der Waals surface area (Å²) >= 11 is 9.76. The first-order valence-electron chi connectivity index (χ1n) is 11.9. The van der Waals surface area contributed by atoms with Crippen LogP contribution in [0.1, 0.15) is 41.3 Å². The molecule has 36 heavy (non-hydrogen) atoms. The van der Waals surface area contributed by atoms with Gasteiger partial charge < -0.3 is 14.5 Å². The van der Waals surface area contributed by atoms with Gasteiger partial charge in [0.25, 0.3) is 0 Å². The summed E-state index contributed by atoms with van der Waals surface area (Å²) in [7, 11) is 0. The van der Waals surface area contributed by atoms with Crippen LogP contribution in [0.5, 0.6) is 11.5 Å². The Morgan fingerprint density at radius 3 is 2.83 bits per heavy atom. The van der Waals surface area contributed by atoms with Gasteiger partial charge >= 0.3 is 6.09 Å². The van der Waals surface area contributed by atoms with Gasteiger partial charge in [-0.3, -0.25) is 4.90 Å². The van der Waals surface area contributed by atoms with Gasteiger partial charge in [-0.1, -0.05) is 41.9 Å². The molecule has 6 nitrogen and oxygen atoms in total. The number of aromatic amines is 1. The highest BCUT2D eigenvalue weighted by molar-refractivity contribution is 9.10. The van der Waals surface area contributed by atoms with Crippen LogP contribution < -0.4 is 4.74 Å². The van der Waals surface area contributed by atoms with Gasteiger partial charge in [-0.05, 0) is 64.7 Å². The van der Waals surface area contributed by atoms with Crippen LogP contribution in [0.25, 0.3) is 11.4 Å². The second-order valence-corrected chi connectivity index (χ2v) is 10.3. The molecule has 182 valence electrons. The predicted octanol–water partition coefficient (Wildman–Crippen LogP) is 7.66. The molecule has 1 fully saturated rings. The fourth-order valence-electron chi connectivity index (χ4n) is 4.85. The number of carbonyl (C=O) groups is 1. The van der Waals surface area contributed by atoms with Gasteiger partial charge in [0, 0.05) is 34.1 Å². The molecule has 0 saturated carbocycles. The number of nitrogens with zero attached hydrogens (tertiary/aromatic N) is 2. The fourth-order valence-corrected chi connectivity index (χ4v) is 5.36. The first kappa shape index (κ1) is 23.1. The average molecular weight is 565 g/mol. The zero-order valence-corrected chi connectivity index (χ0v) is 21.7. The van der Waals surface area contributed by atoms with E-state index in [4.69, 9.17) is 21.1 Å². The van der Waals surface area contributed by atoms with Gasteiger partial charge in [0.2, 0.25) is 0 Å². The number of hydrogen-bond donors (Lipinski definition) is 1. The van der Waals surface area contributed by atoms with Gasteiger partial charge in [0.15, 0.2) is 0 Å². The molecule has 0 spiro atoms. The number of fused-ring (bicyclic) bond motifs is 2. The second kappa shape index (κ2) is 9.64. The lowest BCUT2D eigenvalue weighted by Gasteiger charge is -2.23. The minimum atomic E-state index is -0.299. The highest BCUT2D eigenvalue weighted by Gasteiger charge is 2.32. The molecule has 0 radical (unpaired) electrons. The molecule has 6 rings (SSSR count). The molecular weight excluding hydrogens is 542 g/mol. The number of H-pyrrole nitrogens is 1. The van der Waals surface area contributed by atoms with Crippen molar-refractivity contribution in [3.8, 4) is 22.9 Å². The van der Waals surface area contributed by atoms with Crippen LogP contribution in [0.4, 0.5) is 4.79 Å². The maximum atomic E-state index is 12.8. The topological polar surface area (TPSA) is 67.4 Å². The molecule has 1 amide bonds. The third-order valence-electron chi connectivity index (χ3n) is 6.69. The number of nitrogens with one attached hydrogen (secondary N) is 1. The summed E-state index contributed by atoms with van der Waals surface area (Å²) in [6, 6.07) is 19.6.